The van der Waals surface area contributed by atoms with Gasteiger partial charge in [0, 0.05) is 18.2 Å². The number of hydrogen-bond acceptors (Lipinski definition) is 5. The summed E-state index contributed by atoms with van der Waals surface area (Å²) < 4.78 is 0. The minimum atomic E-state index is -0.314. The molecular weight excluding hydrogens is 388 g/mol. The standard InChI is InChI=1S/C25H42N4O2/c30-24-12-11-17-6-3-4-8-20(17)21(24)15-26-29-25(31)23-14-22(27-28-23)19-10-9-16-5-1-2-7-18(16)13-19/h15-24,27-28,30H,1-14H2,(H,29,31)/b26-15-. The quantitative estimate of drug-likeness (QED) is 0.406. The molecule has 6 nitrogen and oxygen atoms in total. The van der Waals surface area contributed by atoms with Gasteiger partial charge in [0.1, 0.15) is 6.04 Å². The molecule has 0 aromatic heterocycles. The summed E-state index contributed by atoms with van der Waals surface area (Å²) in [4.78, 5) is 12.7. The van der Waals surface area contributed by atoms with Crippen LogP contribution in [0.15, 0.2) is 5.10 Å². The van der Waals surface area contributed by atoms with Gasteiger partial charge in [-0.1, -0.05) is 44.9 Å². The molecule has 0 aromatic rings. The second kappa shape index (κ2) is 9.88. The number of aliphatic hydroxyl groups excluding tert-OH is 1. The summed E-state index contributed by atoms with van der Waals surface area (Å²) in [5.41, 5.74) is 9.44. The highest BCUT2D eigenvalue weighted by Gasteiger charge is 2.40. The predicted molar refractivity (Wildman–Crippen MR) is 122 cm³/mol. The van der Waals surface area contributed by atoms with Gasteiger partial charge in [-0.2, -0.15) is 5.10 Å². The van der Waals surface area contributed by atoms with Gasteiger partial charge in [0.15, 0.2) is 0 Å². The Balaban J connectivity index is 1.10. The van der Waals surface area contributed by atoms with Gasteiger partial charge in [0.2, 0.25) is 0 Å². The number of fused-ring (bicyclic) bond motifs is 2. The van der Waals surface area contributed by atoms with Crippen LogP contribution in [0.4, 0.5) is 0 Å². The summed E-state index contributed by atoms with van der Waals surface area (Å²) in [5, 5.41) is 14.8. The first kappa shape index (κ1) is 21.8. The fourth-order valence-electron chi connectivity index (χ4n) is 7.78. The summed E-state index contributed by atoms with van der Waals surface area (Å²) in [6.07, 6.45) is 19.1. The molecule has 0 aromatic carbocycles. The Kier molecular flexibility index (Phi) is 6.96. The molecule has 9 atom stereocenters. The van der Waals surface area contributed by atoms with Crippen molar-refractivity contribution in [3.05, 3.63) is 0 Å². The lowest BCUT2D eigenvalue weighted by atomic mass is 9.65. The number of nitrogens with zero attached hydrogens (tertiary/aromatic N) is 1. The maximum atomic E-state index is 12.7. The van der Waals surface area contributed by atoms with E-state index in [0.717, 1.165) is 37.0 Å². The van der Waals surface area contributed by atoms with E-state index in [1.54, 1.807) is 0 Å². The minimum absolute atomic E-state index is 0.0527. The van der Waals surface area contributed by atoms with E-state index in [1.165, 1.54) is 70.6 Å². The fourth-order valence-corrected chi connectivity index (χ4v) is 7.78. The Morgan fingerprint density at radius 1 is 0.806 bits per heavy atom. The number of nitrogens with one attached hydrogen (secondary N) is 3. The zero-order valence-electron chi connectivity index (χ0n) is 19.0. The van der Waals surface area contributed by atoms with E-state index in [9.17, 15) is 9.90 Å². The van der Waals surface area contributed by atoms with Crippen molar-refractivity contribution < 1.29 is 9.90 Å². The van der Waals surface area contributed by atoms with Crippen molar-refractivity contribution in [2.24, 2.45) is 40.6 Å². The van der Waals surface area contributed by atoms with Gasteiger partial charge in [-0.15, -0.1) is 0 Å². The third-order valence-corrected chi connectivity index (χ3v) is 9.56. The maximum Gasteiger partial charge on any atom is 0.258 e. The number of hydrogen-bond donors (Lipinski definition) is 4. The fraction of sp³-hybridized carbons (Fsp3) is 0.920. The number of rotatable bonds is 4. The van der Waals surface area contributed by atoms with Crippen molar-refractivity contribution in [3.63, 3.8) is 0 Å². The summed E-state index contributed by atoms with van der Waals surface area (Å²) in [5.74, 6) is 3.86. The molecule has 174 valence electrons. The van der Waals surface area contributed by atoms with E-state index < -0.39 is 0 Å². The SMILES string of the molecule is O=C(N/N=C\C1C(O)CCC2CCCCC21)C1CC(C2CCC3CCCCC3C2)NN1. The lowest BCUT2D eigenvalue weighted by molar-refractivity contribution is -0.122. The van der Waals surface area contributed by atoms with Crippen LogP contribution in [0.25, 0.3) is 0 Å². The molecule has 4 aliphatic carbocycles. The highest BCUT2D eigenvalue weighted by Crippen LogP contribution is 2.45. The summed E-state index contributed by atoms with van der Waals surface area (Å²) >= 11 is 0. The second-order valence-corrected chi connectivity index (χ2v) is 11.2. The first-order valence-electron chi connectivity index (χ1n) is 13.2. The average Bonchev–Trinajstić information content (AvgIpc) is 3.31. The van der Waals surface area contributed by atoms with E-state index in [2.05, 4.69) is 21.4 Å². The second-order valence-electron chi connectivity index (χ2n) is 11.2. The van der Waals surface area contributed by atoms with Crippen LogP contribution in [0.1, 0.15) is 89.9 Å². The highest BCUT2D eigenvalue weighted by atomic mass is 16.3. The van der Waals surface area contributed by atoms with Gasteiger partial charge in [-0.25, -0.2) is 10.9 Å². The topological polar surface area (TPSA) is 85.8 Å². The molecule has 4 saturated carbocycles. The highest BCUT2D eigenvalue weighted by molar-refractivity contribution is 5.82. The molecule has 1 saturated heterocycles. The molecule has 31 heavy (non-hydrogen) atoms. The maximum absolute atomic E-state index is 12.7. The Morgan fingerprint density at radius 2 is 1.52 bits per heavy atom. The molecule has 0 bridgehead atoms. The van der Waals surface area contributed by atoms with Crippen molar-refractivity contribution in [1.82, 2.24) is 16.3 Å². The zero-order valence-corrected chi connectivity index (χ0v) is 19.0. The first-order valence-corrected chi connectivity index (χ1v) is 13.2. The van der Waals surface area contributed by atoms with Crippen molar-refractivity contribution in [2.75, 3.05) is 0 Å². The molecular formula is C25H42N4O2. The summed E-state index contributed by atoms with van der Waals surface area (Å²) in [6.45, 7) is 0. The smallest absolute Gasteiger partial charge is 0.258 e. The average molecular weight is 431 g/mol. The lowest BCUT2D eigenvalue weighted by Gasteiger charge is -2.42. The third kappa shape index (κ3) is 4.86. The van der Waals surface area contributed by atoms with Crippen LogP contribution in [0.2, 0.25) is 0 Å². The van der Waals surface area contributed by atoms with Crippen molar-refractivity contribution in [3.8, 4) is 0 Å². The van der Waals surface area contributed by atoms with Crippen LogP contribution < -0.4 is 16.3 Å². The molecule has 9 unspecified atom stereocenters. The number of hydrazone groups is 1. The number of hydrazine groups is 1. The van der Waals surface area contributed by atoms with E-state index >= 15 is 0 Å². The largest absolute Gasteiger partial charge is 0.392 e. The van der Waals surface area contributed by atoms with Crippen LogP contribution in [-0.4, -0.2) is 35.4 Å². The van der Waals surface area contributed by atoms with Gasteiger partial charge in [-0.3, -0.25) is 10.2 Å². The number of amides is 1. The van der Waals surface area contributed by atoms with Gasteiger partial charge >= 0.3 is 0 Å². The molecule has 5 fully saturated rings. The molecule has 4 N–H and O–H groups in total. The van der Waals surface area contributed by atoms with E-state index in [1.807, 2.05) is 6.21 Å². The molecule has 1 aliphatic heterocycles. The van der Waals surface area contributed by atoms with Gasteiger partial charge < -0.3 is 5.11 Å². The number of aliphatic hydroxyl groups is 1. The number of carbonyl (C=O) groups is 1. The van der Waals surface area contributed by atoms with E-state index in [4.69, 9.17) is 0 Å². The van der Waals surface area contributed by atoms with E-state index in [0.29, 0.717) is 17.9 Å². The molecule has 1 amide bonds. The van der Waals surface area contributed by atoms with Crippen molar-refractivity contribution >= 4 is 12.1 Å². The summed E-state index contributed by atoms with van der Waals surface area (Å²) in [6, 6.07) is 0.177. The number of carbonyl (C=O) groups excluding carboxylic acids is 1. The van der Waals surface area contributed by atoms with Crippen LogP contribution >= 0.6 is 0 Å². The summed E-state index contributed by atoms with van der Waals surface area (Å²) in [7, 11) is 0. The van der Waals surface area contributed by atoms with Crippen LogP contribution in [0, 0.1) is 35.5 Å². The molecule has 5 rings (SSSR count). The Bertz CT molecular complexity index is 655. The van der Waals surface area contributed by atoms with Gasteiger partial charge in [-0.05, 0) is 74.5 Å². The lowest BCUT2D eigenvalue weighted by Crippen LogP contribution is -2.44. The predicted octanol–water partition coefficient (Wildman–Crippen LogP) is 3.51. The molecule has 1 heterocycles. The van der Waals surface area contributed by atoms with Gasteiger partial charge in [0.05, 0.1) is 6.10 Å². The van der Waals surface area contributed by atoms with Gasteiger partial charge in [0.25, 0.3) is 5.91 Å². The van der Waals surface area contributed by atoms with Crippen LogP contribution in [0.5, 0.6) is 0 Å². The minimum Gasteiger partial charge on any atom is -0.392 e. The van der Waals surface area contributed by atoms with Crippen LogP contribution in [-0.2, 0) is 4.79 Å². The Hall–Kier alpha value is -0.980. The monoisotopic (exact) mass is 430 g/mol. The Labute approximate surface area is 187 Å². The zero-order chi connectivity index (χ0) is 21.2. The molecule has 6 heteroatoms. The Morgan fingerprint density at radius 3 is 2.39 bits per heavy atom. The van der Waals surface area contributed by atoms with E-state index in [-0.39, 0.29) is 24.0 Å². The van der Waals surface area contributed by atoms with Crippen LogP contribution in [0.3, 0.4) is 0 Å². The third-order valence-electron chi connectivity index (χ3n) is 9.56. The molecule has 0 spiro atoms. The normalized spacial score (nSPS) is 45.8. The molecule has 5 aliphatic rings. The van der Waals surface area contributed by atoms with Crippen molar-refractivity contribution in [1.29, 1.82) is 0 Å². The van der Waals surface area contributed by atoms with Crippen molar-refractivity contribution in [2.45, 2.75) is 108 Å². The first-order chi connectivity index (χ1) is 15.2. The molecule has 0 radical (unpaired) electrons.